The van der Waals surface area contributed by atoms with Crippen LogP contribution in [0.2, 0.25) is 0 Å². The predicted octanol–water partition coefficient (Wildman–Crippen LogP) is 2.80. The van der Waals surface area contributed by atoms with Crippen LogP contribution in [0.4, 0.5) is 0 Å². The minimum atomic E-state index is 0.332. The van der Waals surface area contributed by atoms with Gasteiger partial charge in [0.15, 0.2) is 0 Å². The van der Waals surface area contributed by atoms with Crippen LogP contribution < -0.4 is 5.32 Å². The van der Waals surface area contributed by atoms with Gasteiger partial charge in [-0.3, -0.25) is 0 Å². The molecular weight excluding hydrogens is 218 g/mol. The summed E-state index contributed by atoms with van der Waals surface area (Å²) >= 11 is 5.17. The largest absolute Gasteiger partial charge is 0.467 e. The molecule has 0 unspecified atom stereocenters. The molecule has 1 heterocycles. The van der Waals surface area contributed by atoms with Crippen LogP contribution in [0, 0.1) is 5.92 Å². The van der Waals surface area contributed by atoms with Crippen molar-refractivity contribution in [2.45, 2.75) is 31.4 Å². The zero-order valence-corrected chi connectivity index (χ0v) is 9.87. The summed E-state index contributed by atoms with van der Waals surface area (Å²) in [5, 5.41) is 3.88. The number of hydrogen-bond donors (Lipinski definition) is 1. The summed E-state index contributed by atoms with van der Waals surface area (Å²) in [6.45, 7) is 0. The molecular formula is C13H15NOS. The van der Waals surface area contributed by atoms with Gasteiger partial charge in [-0.2, -0.15) is 0 Å². The topological polar surface area (TPSA) is 21.3 Å². The van der Waals surface area contributed by atoms with E-state index in [0.717, 1.165) is 6.42 Å². The zero-order valence-electron chi connectivity index (χ0n) is 9.06. The molecule has 1 aliphatic heterocycles. The molecule has 0 aromatic heterocycles. The van der Waals surface area contributed by atoms with Crippen LogP contribution in [-0.2, 0) is 4.74 Å². The second kappa shape index (κ2) is 4.06. The molecule has 3 atom stereocenters. The Morgan fingerprint density at radius 3 is 2.81 bits per heavy atom. The van der Waals surface area contributed by atoms with Gasteiger partial charge in [-0.1, -0.05) is 30.3 Å². The van der Waals surface area contributed by atoms with Crippen LogP contribution in [0.1, 0.15) is 30.9 Å². The van der Waals surface area contributed by atoms with Gasteiger partial charge >= 0.3 is 0 Å². The molecule has 2 fully saturated rings. The molecule has 3 heteroatoms. The summed E-state index contributed by atoms with van der Waals surface area (Å²) in [7, 11) is 0. The second-order valence-electron chi connectivity index (χ2n) is 4.57. The highest BCUT2D eigenvalue weighted by Gasteiger charge is 2.40. The van der Waals surface area contributed by atoms with Crippen LogP contribution in [0.25, 0.3) is 0 Å². The molecule has 0 spiro atoms. The van der Waals surface area contributed by atoms with E-state index in [1.54, 1.807) is 0 Å². The lowest BCUT2D eigenvalue weighted by molar-refractivity contribution is 0.0906. The summed E-state index contributed by atoms with van der Waals surface area (Å²) < 4.78 is 5.68. The zero-order chi connectivity index (χ0) is 11.0. The predicted molar refractivity (Wildman–Crippen MR) is 67.1 cm³/mol. The van der Waals surface area contributed by atoms with E-state index in [2.05, 4.69) is 29.6 Å². The number of benzene rings is 1. The lowest BCUT2D eigenvalue weighted by Crippen LogP contribution is -2.45. The van der Waals surface area contributed by atoms with Gasteiger partial charge in [0.1, 0.15) is 6.10 Å². The molecule has 2 nitrogen and oxygen atoms in total. The van der Waals surface area contributed by atoms with Crippen molar-refractivity contribution in [1.82, 2.24) is 5.32 Å². The van der Waals surface area contributed by atoms with E-state index in [-0.39, 0.29) is 0 Å². The Labute approximate surface area is 101 Å². The number of nitrogens with one attached hydrogen (secondary N) is 1. The van der Waals surface area contributed by atoms with E-state index in [9.17, 15) is 0 Å². The van der Waals surface area contributed by atoms with Crippen molar-refractivity contribution in [3.05, 3.63) is 35.9 Å². The Morgan fingerprint density at radius 2 is 2.00 bits per heavy atom. The van der Waals surface area contributed by atoms with Crippen molar-refractivity contribution in [2.24, 2.45) is 5.92 Å². The smallest absolute Gasteiger partial charge is 0.257 e. The monoisotopic (exact) mass is 233 g/mol. The van der Waals surface area contributed by atoms with Crippen LogP contribution in [0.5, 0.6) is 0 Å². The van der Waals surface area contributed by atoms with Gasteiger partial charge in [0.25, 0.3) is 5.17 Å². The van der Waals surface area contributed by atoms with Crippen LogP contribution in [0.3, 0.4) is 0 Å². The standard InChI is InChI=1S/C13H15NOS/c16-13-14-12(9-5-2-1-3-6-9)10-7-4-8-11(10)15-13/h1-3,5-6,10-12H,4,7-8H2,(H,14,16)/t10-,11+,12-/m1/s1. The van der Waals surface area contributed by atoms with Gasteiger partial charge in [-0.15, -0.1) is 0 Å². The maximum absolute atomic E-state index is 5.68. The van der Waals surface area contributed by atoms with Gasteiger partial charge in [0.05, 0.1) is 6.04 Å². The quantitative estimate of drug-likeness (QED) is 0.754. The minimum Gasteiger partial charge on any atom is -0.467 e. The van der Waals surface area contributed by atoms with Crippen molar-refractivity contribution in [1.29, 1.82) is 0 Å². The fourth-order valence-corrected chi connectivity index (χ4v) is 3.13. The van der Waals surface area contributed by atoms with Crippen molar-refractivity contribution in [3.8, 4) is 0 Å². The lowest BCUT2D eigenvalue weighted by Gasteiger charge is -2.36. The maximum Gasteiger partial charge on any atom is 0.257 e. The van der Waals surface area contributed by atoms with E-state index in [1.807, 2.05) is 6.07 Å². The molecule has 1 N–H and O–H groups in total. The average molecular weight is 233 g/mol. The number of hydrogen-bond acceptors (Lipinski definition) is 2. The van der Waals surface area contributed by atoms with Gasteiger partial charge in [-0.05, 0) is 37.0 Å². The van der Waals surface area contributed by atoms with Crippen LogP contribution in [0.15, 0.2) is 30.3 Å². The van der Waals surface area contributed by atoms with E-state index in [4.69, 9.17) is 17.0 Å². The first-order chi connectivity index (χ1) is 7.84. The molecule has 16 heavy (non-hydrogen) atoms. The minimum absolute atomic E-state index is 0.332. The summed E-state index contributed by atoms with van der Waals surface area (Å²) in [4.78, 5) is 0. The Balaban J connectivity index is 1.90. The third kappa shape index (κ3) is 1.69. The number of thiocarbonyl (C=S) groups is 1. The van der Waals surface area contributed by atoms with Gasteiger partial charge in [0.2, 0.25) is 0 Å². The first-order valence-electron chi connectivity index (χ1n) is 5.87. The molecule has 1 saturated carbocycles. The highest BCUT2D eigenvalue weighted by molar-refractivity contribution is 7.80. The Morgan fingerprint density at radius 1 is 1.19 bits per heavy atom. The molecule has 1 saturated heterocycles. The summed E-state index contributed by atoms with van der Waals surface area (Å²) in [6.07, 6.45) is 3.97. The number of rotatable bonds is 1. The van der Waals surface area contributed by atoms with Crippen LogP contribution >= 0.6 is 12.2 Å². The maximum atomic E-state index is 5.68. The summed E-state index contributed by atoms with van der Waals surface area (Å²) in [5.41, 5.74) is 1.32. The van der Waals surface area contributed by atoms with Gasteiger partial charge in [-0.25, -0.2) is 0 Å². The molecule has 84 valence electrons. The third-order valence-corrected chi connectivity index (χ3v) is 3.84. The average Bonchev–Trinajstić information content (AvgIpc) is 2.77. The fraction of sp³-hybridized carbons (Fsp3) is 0.462. The van der Waals surface area contributed by atoms with E-state index >= 15 is 0 Å². The first-order valence-corrected chi connectivity index (χ1v) is 6.27. The van der Waals surface area contributed by atoms with Crippen LogP contribution in [-0.4, -0.2) is 11.3 Å². The SMILES string of the molecule is S=C1N[C@H](c2ccccc2)[C@@H]2CCC[C@@H]2O1. The van der Waals surface area contributed by atoms with Crippen molar-refractivity contribution >= 4 is 17.4 Å². The van der Waals surface area contributed by atoms with Gasteiger partial charge < -0.3 is 10.1 Å². The molecule has 0 radical (unpaired) electrons. The number of ether oxygens (including phenoxy) is 1. The molecule has 0 bridgehead atoms. The normalized spacial score (nSPS) is 32.8. The second-order valence-corrected chi connectivity index (χ2v) is 4.94. The van der Waals surface area contributed by atoms with Crippen molar-refractivity contribution in [2.75, 3.05) is 0 Å². The first kappa shape index (κ1) is 10.1. The third-order valence-electron chi connectivity index (χ3n) is 3.62. The number of fused-ring (bicyclic) bond motifs is 1. The molecule has 1 aliphatic carbocycles. The highest BCUT2D eigenvalue weighted by Crippen LogP contribution is 2.40. The molecule has 3 rings (SSSR count). The fourth-order valence-electron chi connectivity index (χ4n) is 2.88. The summed E-state index contributed by atoms with van der Waals surface area (Å²) in [5.74, 6) is 0.578. The van der Waals surface area contributed by atoms with Crippen molar-refractivity contribution in [3.63, 3.8) is 0 Å². The Bertz CT molecular complexity index is 392. The van der Waals surface area contributed by atoms with E-state index < -0.39 is 0 Å². The van der Waals surface area contributed by atoms with E-state index in [0.29, 0.717) is 23.2 Å². The van der Waals surface area contributed by atoms with E-state index in [1.165, 1.54) is 18.4 Å². The van der Waals surface area contributed by atoms with Gasteiger partial charge in [0, 0.05) is 5.92 Å². The van der Waals surface area contributed by atoms with Crippen molar-refractivity contribution < 1.29 is 4.74 Å². The Kier molecular flexibility index (Phi) is 2.56. The lowest BCUT2D eigenvalue weighted by atomic mass is 9.89. The molecule has 2 aliphatic rings. The summed E-state index contributed by atoms with van der Waals surface area (Å²) in [6, 6.07) is 10.9. The highest BCUT2D eigenvalue weighted by atomic mass is 32.1. The molecule has 0 amide bonds. The molecule has 1 aromatic rings. The Hall–Kier alpha value is -1.09. The molecule has 1 aromatic carbocycles.